The molecule has 24 heavy (non-hydrogen) atoms. The Kier molecular flexibility index (Phi) is 3.52. The molecule has 5 heteroatoms. The molecule has 0 radical (unpaired) electrons. The summed E-state index contributed by atoms with van der Waals surface area (Å²) in [4.78, 5) is 30.8. The fourth-order valence-electron chi connectivity index (χ4n) is 3.55. The van der Waals surface area contributed by atoms with Gasteiger partial charge in [0.25, 0.3) is 5.91 Å². The molecule has 124 valence electrons. The van der Waals surface area contributed by atoms with Crippen LogP contribution in [0.4, 0.5) is 0 Å². The molecule has 1 aromatic carbocycles. The number of pyridine rings is 1. The minimum absolute atomic E-state index is 0.181. The van der Waals surface area contributed by atoms with E-state index < -0.39 is 12.0 Å². The molecule has 1 unspecified atom stereocenters. The van der Waals surface area contributed by atoms with E-state index in [-0.39, 0.29) is 5.91 Å². The summed E-state index contributed by atoms with van der Waals surface area (Å²) >= 11 is 0. The molecule has 2 aliphatic rings. The minimum atomic E-state index is -0.919. The molecule has 1 saturated heterocycles. The maximum Gasteiger partial charge on any atom is 0.326 e. The summed E-state index contributed by atoms with van der Waals surface area (Å²) in [6.07, 6.45) is 3.48. The third kappa shape index (κ3) is 2.54. The summed E-state index contributed by atoms with van der Waals surface area (Å²) in [5, 5.41) is 10.2. The number of aryl methyl sites for hydroxylation is 1. The second kappa shape index (κ2) is 5.58. The Bertz CT molecular complexity index is 842. The van der Waals surface area contributed by atoms with Crippen molar-refractivity contribution in [1.82, 2.24) is 9.88 Å². The van der Waals surface area contributed by atoms with Crippen LogP contribution in [0.3, 0.4) is 0 Å². The average molecular weight is 324 g/mol. The molecule has 1 atom stereocenters. The normalized spacial score (nSPS) is 20.5. The fourth-order valence-corrected chi connectivity index (χ4v) is 3.55. The van der Waals surface area contributed by atoms with Gasteiger partial charge >= 0.3 is 5.97 Å². The number of hydrogen-bond acceptors (Lipinski definition) is 3. The molecule has 0 spiro atoms. The molecule has 1 aliphatic carbocycles. The van der Waals surface area contributed by atoms with E-state index in [4.69, 9.17) is 4.98 Å². The van der Waals surface area contributed by atoms with E-state index in [0.717, 1.165) is 41.4 Å². The first kappa shape index (κ1) is 15.1. The first-order valence-electron chi connectivity index (χ1n) is 8.49. The van der Waals surface area contributed by atoms with Crippen molar-refractivity contribution in [3.8, 4) is 0 Å². The summed E-state index contributed by atoms with van der Waals surface area (Å²) in [5.41, 5.74) is 3.44. The highest BCUT2D eigenvalue weighted by molar-refractivity contribution is 6.07. The second-order valence-electron chi connectivity index (χ2n) is 6.88. The molecule has 2 aromatic rings. The Balaban J connectivity index is 1.83. The van der Waals surface area contributed by atoms with Gasteiger partial charge in [0.15, 0.2) is 0 Å². The van der Waals surface area contributed by atoms with Gasteiger partial charge in [-0.1, -0.05) is 11.6 Å². The SMILES string of the molecule is Cc1ccc2nc(C3CC3)cc(C(=O)N3CCCC3C(=O)O)c2c1. The minimum Gasteiger partial charge on any atom is -0.480 e. The van der Waals surface area contributed by atoms with Crippen molar-refractivity contribution in [3.05, 3.63) is 41.1 Å². The van der Waals surface area contributed by atoms with Gasteiger partial charge < -0.3 is 10.0 Å². The number of carboxylic acids is 1. The summed E-state index contributed by atoms with van der Waals surface area (Å²) in [6.45, 7) is 2.49. The average Bonchev–Trinajstić information content (AvgIpc) is 3.29. The topological polar surface area (TPSA) is 70.5 Å². The van der Waals surface area contributed by atoms with Crippen molar-refractivity contribution in [2.45, 2.75) is 44.6 Å². The summed E-state index contributed by atoms with van der Waals surface area (Å²) in [6, 6.07) is 7.09. The lowest BCUT2D eigenvalue weighted by atomic mass is 10.0. The van der Waals surface area contributed by atoms with Crippen LogP contribution < -0.4 is 0 Å². The lowest BCUT2D eigenvalue weighted by Gasteiger charge is -2.22. The van der Waals surface area contributed by atoms with Crippen LogP contribution in [0.5, 0.6) is 0 Å². The van der Waals surface area contributed by atoms with Gasteiger partial charge in [-0.3, -0.25) is 9.78 Å². The van der Waals surface area contributed by atoms with Crippen LogP contribution in [0, 0.1) is 6.92 Å². The number of nitrogens with zero attached hydrogens (tertiary/aromatic N) is 2. The summed E-state index contributed by atoms with van der Waals surface area (Å²) < 4.78 is 0. The van der Waals surface area contributed by atoms with Gasteiger partial charge in [-0.05, 0) is 50.8 Å². The highest BCUT2D eigenvalue weighted by atomic mass is 16.4. The van der Waals surface area contributed by atoms with Crippen LogP contribution in [0.25, 0.3) is 10.9 Å². The first-order chi connectivity index (χ1) is 11.5. The number of aromatic nitrogens is 1. The van der Waals surface area contributed by atoms with Gasteiger partial charge in [-0.15, -0.1) is 0 Å². The quantitative estimate of drug-likeness (QED) is 0.942. The second-order valence-corrected chi connectivity index (χ2v) is 6.88. The Labute approximate surface area is 140 Å². The Morgan fingerprint density at radius 3 is 2.71 bits per heavy atom. The van der Waals surface area contributed by atoms with Crippen LogP contribution in [0.1, 0.15) is 53.2 Å². The molecule has 5 nitrogen and oxygen atoms in total. The van der Waals surface area contributed by atoms with Crippen molar-refractivity contribution >= 4 is 22.8 Å². The smallest absolute Gasteiger partial charge is 0.326 e. The predicted octanol–water partition coefficient (Wildman–Crippen LogP) is 3.11. The monoisotopic (exact) mass is 324 g/mol. The predicted molar refractivity (Wildman–Crippen MR) is 90.1 cm³/mol. The molecule has 1 saturated carbocycles. The van der Waals surface area contributed by atoms with Crippen molar-refractivity contribution < 1.29 is 14.7 Å². The maximum absolute atomic E-state index is 13.1. The Morgan fingerprint density at radius 1 is 1.21 bits per heavy atom. The van der Waals surface area contributed by atoms with E-state index in [2.05, 4.69) is 0 Å². The largest absolute Gasteiger partial charge is 0.480 e. The zero-order chi connectivity index (χ0) is 16.8. The number of rotatable bonds is 3. The van der Waals surface area contributed by atoms with Gasteiger partial charge in [0.05, 0.1) is 11.1 Å². The van der Waals surface area contributed by atoms with Crippen LogP contribution >= 0.6 is 0 Å². The molecular weight excluding hydrogens is 304 g/mol. The van der Waals surface area contributed by atoms with Gasteiger partial charge in [0.2, 0.25) is 0 Å². The molecule has 2 heterocycles. The van der Waals surface area contributed by atoms with E-state index in [1.165, 1.54) is 4.90 Å². The lowest BCUT2D eigenvalue weighted by Crippen LogP contribution is -2.40. The lowest BCUT2D eigenvalue weighted by molar-refractivity contribution is -0.141. The summed E-state index contributed by atoms with van der Waals surface area (Å²) in [7, 11) is 0. The van der Waals surface area contributed by atoms with Crippen LogP contribution in [-0.4, -0.2) is 39.5 Å². The van der Waals surface area contributed by atoms with Crippen molar-refractivity contribution in [2.75, 3.05) is 6.54 Å². The molecule has 4 rings (SSSR count). The van der Waals surface area contributed by atoms with E-state index in [1.54, 1.807) is 0 Å². The van der Waals surface area contributed by atoms with Gasteiger partial charge in [0, 0.05) is 23.5 Å². The number of carbonyl (C=O) groups excluding carboxylic acids is 1. The first-order valence-corrected chi connectivity index (χ1v) is 8.49. The number of benzene rings is 1. The van der Waals surface area contributed by atoms with Gasteiger partial charge in [0.1, 0.15) is 6.04 Å². The highest BCUT2D eigenvalue weighted by Gasteiger charge is 2.36. The van der Waals surface area contributed by atoms with E-state index in [9.17, 15) is 14.7 Å². The molecule has 1 N–H and O–H groups in total. The number of fused-ring (bicyclic) bond motifs is 1. The molecule has 1 aromatic heterocycles. The molecular formula is C19H20N2O3. The number of carboxylic acid groups (broad SMARTS) is 1. The number of carbonyl (C=O) groups is 2. The van der Waals surface area contributed by atoms with Crippen LogP contribution in [0.15, 0.2) is 24.3 Å². The van der Waals surface area contributed by atoms with E-state index in [0.29, 0.717) is 24.4 Å². The van der Waals surface area contributed by atoms with Crippen molar-refractivity contribution in [1.29, 1.82) is 0 Å². The third-order valence-corrected chi connectivity index (χ3v) is 5.01. The van der Waals surface area contributed by atoms with Crippen LogP contribution in [0.2, 0.25) is 0 Å². The number of amides is 1. The van der Waals surface area contributed by atoms with Crippen molar-refractivity contribution in [2.24, 2.45) is 0 Å². The number of aliphatic carboxylic acids is 1. The highest BCUT2D eigenvalue weighted by Crippen LogP contribution is 2.40. The standard InChI is InChI=1S/C19H20N2O3/c1-11-4-7-15-13(9-11)14(10-16(20-15)12-5-6-12)18(22)21-8-2-3-17(21)19(23)24/h4,7,9-10,12,17H,2-3,5-6,8H2,1H3,(H,23,24). The van der Waals surface area contributed by atoms with Gasteiger partial charge in [-0.25, -0.2) is 4.79 Å². The Morgan fingerprint density at radius 2 is 2.00 bits per heavy atom. The summed E-state index contributed by atoms with van der Waals surface area (Å²) in [5.74, 6) is -0.659. The van der Waals surface area contributed by atoms with E-state index in [1.807, 2.05) is 31.2 Å². The Hall–Kier alpha value is -2.43. The maximum atomic E-state index is 13.1. The fraction of sp³-hybridized carbons (Fsp3) is 0.421. The molecule has 2 fully saturated rings. The zero-order valence-corrected chi connectivity index (χ0v) is 13.7. The van der Waals surface area contributed by atoms with Crippen molar-refractivity contribution in [3.63, 3.8) is 0 Å². The van der Waals surface area contributed by atoms with Crippen LogP contribution in [-0.2, 0) is 4.79 Å². The third-order valence-electron chi connectivity index (χ3n) is 5.01. The number of likely N-dealkylation sites (tertiary alicyclic amines) is 1. The number of hydrogen-bond donors (Lipinski definition) is 1. The van der Waals surface area contributed by atoms with E-state index >= 15 is 0 Å². The van der Waals surface area contributed by atoms with Gasteiger partial charge in [-0.2, -0.15) is 0 Å². The molecule has 0 bridgehead atoms. The molecule has 1 aliphatic heterocycles. The zero-order valence-electron chi connectivity index (χ0n) is 13.7. The molecule has 1 amide bonds.